The summed E-state index contributed by atoms with van der Waals surface area (Å²) in [7, 11) is 0.0857. The highest BCUT2D eigenvalue weighted by molar-refractivity contribution is 7.80. The van der Waals surface area contributed by atoms with Gasteiger partial charge in [0, 0.05) is 17.3 Å². The Morgan fingerprint density at radius 2 is 1.77 bits per heavy atom. The number of nitrogens with zero attached hydrogens (tertiary/aromatic N) is 6. The Labute approximate surface area is 204 Å². The van der Waals surface area contributed by atoms with E-state index in [1.807, 2.05) is 56.6 Å². The van der Waals surface area contributed by atoms with Crippen LogP contribution >= 0.6 is 0 Å². The topological polar surface area (TPSA) is 142 Å². The lowest BCUT2D eigenvalue weighted by Crippen LogP contribution is -2.27. The van der Waals surface area contributed by atoms with E-state index in [4.69, 9.17) is 4.74 Å². The average Bonchev–Trinajstić information content (AvgIpc) is 3.18. The first-order chi connectivity index (χ1) is 16.6. The summed E-state index contributed by atoms with van der Waals surface area (Å²) in [5, 5.41) is 12.6. The predicted molar refractivity (Wildman–Crippen MR) is 126 cm³/mol. The second-order valence-electron chi connectivity index (χ2n) is 7.04. The third-order valence-electron chi connectivity index (χ3n) is 4.66. The van der Waals surface area contributed by atoms with Crippen molar-refractivity contribution >= 4 is 33.7 Å². The Morgan fingerprint density at radius 3 is 2.29 bits per heavy atom. The molecule has 188 valence electrons. The van der Waals surface area contributed by atoms with Crippen molar-refractivity contribution in [1.29, 1.82) is 0 Å². The van der Waals surface area contributed by atoms with Gasteiger partial charge in [-0.05, 0) is 48.4 Å². The standard InChI is InChI=1S/C21H25N6O2.CH4O4S/c1-4-27(14-15-29-20(28)17-8-6-5-7-9-17)19-12-10-18(11-13-19)23-24-21-25(2)16-22-26(21)3;1-5-6(2,3)4/h5-13,16H,4,14-15H2,1-3H3;1H3,(H,2,3,4)/q+1;/p-1. The van der Waals surface area contributed by atoms with Gasteiger partial charge in [0.1, 0.15) is 6.61 Å². The number of anilines is 1. The van der Waals surface area contributed by atoms with Crippen LogP contribution in [-0.2, 0) is 33.4 Å². The molecule has 1 heterocycles. The van der Waals surface area contributed by atoms with E-state index in [1.54, 1.807) is 27.7 Å². The van der Waals surface area contributed by atoms with Crippen molar-refractivity contribution in [3.63, 3.8) is 0 Å². The second-order valence-corrected chi connectivity index (χ2v) is 8.19. The number of carbonyl (C=O) groups is 1. The summed E-state index contributed by atoms with van der Waals surface area (Å²) in [6.07, 6.45) is 1.68. The van der Waals surface area contributed by atoms with Crippen LogP contribution in [0.3, 0.4) is 0 Å². The third-order valence-corrected chi connectivity index (χ3v) is 5.07. The Bertz CT molecular complexity index is 1190. The molecule has 0 unspecified atom stereocenters. The molecule has 0 saturated carbocycles. The second kappa shape index (κ2) is 13.3. The van der Waals surface area contributed by atoms with Gasteiger partial charge in [-0.3, -0.25) is 4.18 Å². The summed E-state index contributed by atoms with van der Waals surface area (Å²) in [4.78, 5) is 14.2. The number of aromatic nitrogens is 3. The molecule has 13 heteroatoms. The zero-order valence-corrected chi connectivity index (χ0v) is 20.8. The maximum Gasteiger partial charge on any atom is 0.403 e. The van der Waals surface area contributed by atoms with Crippen LogP contribution in [0.2, 0.25) is 0 Å². The molecule has 3 aromatic rings. The van der Waals surface area contributed by atoms with Crippen molar-refractivity contribution in [1.82, 2.24) is 9.78 Å². The van der Waals surface area contributed by atoms with Gasteiger partial charge in [0.2, 0.25) is 16.7 Å². The smallest absolute Gasteiger partial charge is 0.403 e. The van der Waals surface area contributed by atoms with Crippen LogP contribution in [-0.4, -0.2) is 55.5 Å². The van der Waals surface area contributed by atoms with E-state index >= 15 is 0 Å². The molecule has 0 aliphatic heterocycles. The zero-order chi connectivity index (χ0) is 25.8. The number of carbonyl (C=O) groups excluding carboxylic acids is 1. The van der Waals surface area contributed by atoms with Gasteiger partial charge >= 0.3 is 11.9 Å². The molecule has 0 spiro atoms. The van der Waals surface area contributed by atoms with Gasteiger partial charge < -0.3 is 14.2 Å². The van der Waals surface area contributed by atoms with Crippen molar-refractivity contribution in [2.24, 2.45) is 24.3 Å². The lowest BCUT2D eigenvalue weighted by Gasteiger charge is -2.22. The molecule has 0 fully saturated rings. The van der Waals surface area contributed by atoms with Gasteiger partial charge in [0.25, 0.3) is 0 Å². The van der Waals surface area contributed by atoms with Crippen molar-refractivity contribution in [3.05, 3.63) is 66.5 Å². The summed E-state index contributed by atoms with van der Waals surface area (Å²) in [5.41, 5.74) is 2.35. The van der Waals surface area contributed by atoms with Crippen LogP contribution in [0.4, 0.5) is 17.3 Å². The Hall–Kier alpha value is -3.68. The fraction of sp³-hybridized carbons (Fsp3) is 0.318. The molecule has 1 aromatic heterocycles. The molecule has 0 saturated heterocycles. The van der Waals surface area contributed by atoms with E-state index in [1.165, 1.54) is 0 Å². The third kappa shape index (κ3) is 9.23. The summed E-state index contributed by atoms with van der Waals surface area (Å²) in [6, 6.07) is 16.8. The first kappa shape index (κ1) is 27.6. The Balaban J connectivity index is 0.000000641. The molecule has 0 bridgehead atoms. The molecular weight excluding hydrogens is 476 g/mol. The number of ether oxygens (including phenoxy) is 1. The lowest BCUT2D eigenvalue weighted by molar-refractivity contribution is -0.659. The van der Waals surface area contributed by atoms with E-state index in [0.717, 1.165) is 25.0 Å². The molecule has 0 aliphatic carbocycles. The van der Waals surface area contributed by atoms with Crippen LogP contribution in [0.5, 0.6) is 0 Å². The van der Waals surface area contributed by atoms with Crippen LogP contribution in [0.25, 0.3) is 0 Å². The minimum atomic E-state index is -4.41. The maximum absolute atomic E-state index is 12.0. The molecule has 0 N–H and O–H groups in total. The lowest BCUT2D eigenvalue weighted by atomic mass is 10.2. The monoisotopic (exact) mass is 504 g/mol. The Morgan fingerprint density at radius 1 is 1.14 bits per heavy atom. The Kier molecular flexibility index (Phi) is 10.5. The molecule has 12 nitrogen and oxygen atoms in total. The van der Waals surface area contributed by atoms with E-state index in [9.17, 15) is 17.8 Å². The number of rotatable bonds is 9. The van der Waals surface area contributed by atoms with Gasteiger partial charge in [-0.15, -0.1) is 4.68 Å². The summed E-state index contributed by atoms with van der Waals surface area (Å²) in [5.74, 6) is 0.352. The fourth-order valence-electron chi connectivity index (χ4n) is 2.83. The molecule has 0 aliphatic rings. The van der Waals surface area contributed by atoms with E-state index in [2.05, 4.69) is 31.3 Å². The number of esters is 1. The van der Waals surface area contributed by atoms with Gasteiger partial charge in [0.05, 0.1) is 39.0 Å². The van der Waals surface area contributed by atoms with Gasteiger partial charge in [0.15, 0.2) is 0 Å². The molecule has 3 rings (SSSR count). The molecular formula is C22H28N6O6S. The van der Waals surface area contributed by atoms with E-state index in [-0.39, 0.29) is 5.97 Å². The highest BCUT2D eigenvalue weighted by Crippen LogP contribution is 2.21. The van der Waals surface area contributed by atoms with Crippen molar-refractivity contribution in [3.8, 4) is 0 Å². The quantitative estimate of drug-likeness (QED) is 0.142. The molecule has 0 radical (unpaired) electrons. The first-order valence-corrected chi connectivity index (χ1v) is 11.9. The summed E-state index contributed by atoms with van der Waals surface area (Å²) in [6.45, 7) is 3.80. The number of azo groups is 1. The van der Waals surface area contributed by atoms with Crippen LogP contribution in [0.15, 0.2) is 71.2 Å². The van der Waals surface area contributed by atoms with E-state index < -0.39 is 10.4 Å². The highest BCUT2D eigenvalue weighted by atomic mass is 32.3. The molecule has 0 amide bonds. The largest absolute Gasteiger partial charge is 0.726 e. The van der Waals surface area contributed by atoms with Crippen molar-refractivity contribution in [2.45, 2.75) is 6.92 Å². The fourth-order valence-corrected chi connectivity index (χ4v) is 2.83. The normalized spacial score (nSPS) is 11.1. The van der Waals surface area contributed by atoms with Gasteiger partial charge in [-0.2, -0.15) is 0 Å². The number of likely N-dealkylation sites (N-methyl/N-ethyl adjacent to an activating group) is 1. The molecule has 35 heavy (non-hydrogen) atoms. The summed E-state index contributed by atoms with van der Waals surface area (Å²) >= 11 is 0. The van der Waals surface area contributed by atoms with Crippen molar-refractivity contribution < 1.29 is 31.3 Å². The van der Waals surface area contributed by atoms with Crippen LogP contribution < -0.4 is 9.47 Å². The number of hydrogen-bond donors (Lipinski definition) is 0. The van der Waals surface area contributed by atoms with Gasteiger partial charge in [-0.25, -0.2) is 17.8 Å². The maximum atomic E-state index is 12.0. The predicted octanol–water partition coefficient (Wildman–Crippen LogP) is 2.44. The highest BCUT2D eigenvalue weighted by Gasteiger charge is 2.12. The first-order valence-electron chi connectivity index (χ1n) is 10.5. The molecule has 2 aromatic carbocycles. The summed E-state index contributed by atoms with van der Waals surface area (Å²) < 4.78 is 39.9. The molecule has 0 atom stereocenters. The number of benzene rings is 2. The van der Waals surface area contributed by atoms with E-state index in [0.29, 0.717) is 24.7 Å². The minimum absolute atomic E-state index is 0.305. The van der Waals surface area contributed by atoms with Gasteiger partial charge in [-0.1, -0.05) is 23.3 Å². The number of hydrogen-bond acceptors (Lipinski definition) is 10. The number of aryl methyl sites for hydroxylation is 2. The van der Waals surface area contributed by atoms with Crippen molar-refractivity contribution in [2.75, 3.05) is 31.7 Å². The average molecular weight is 505 g/mol. The minimum Gasteiger partial charge on any atom is -0.726 e. The SMILES string of the molecule is CCN(CCOC(=O)c1ccccc1)c1ccc(N=Nc2n(C)nc[n+]2C)cc1.COS(=O)(=O)[O-]. The van der Waals surface area contributed by atoms with Crippen LogP contribution in [0, 0.1) is 0 Å². The van der Waals surface area contributed by atoms with Crippen LogP contribution in [0.1, 0.15) is 17.3 Å². The zero-order valence-electron chi connectivity index (χ0n) is 19.9.